The molecule has 0 aromatic carbocycles. The van der Waals surface area contributed by atoms with Crippen molar-refractivity contribution >= 4 is 23.6 Å². The van der Waals surface area contributed by atoms with Gasteiger partial charge in [0.25, 0.3) is 0 Å². The number of imidazole rings is 1. The lowest BCUT2D eigenvalue weighted by Crippen LogP contribution is -2.51. The predicted octanol–water partition coefficient (Wildman–Crippen LogP) is 1.21. The molecule has 2 aromatic heterocycles. The van der Waals surface area contributed by atoms with Gasteiger partial charge >= 0.3 is 5.69 Å². The number of aryl methyl sites for hydroxylation is 1. The van der Waals surface area contributed by atoms with Crippen LogP contribution in [0.1, 0.15) is 37.1 Å². The van der Waals surface area contributed by atoms with E-state index in [4.69, 9.17) is 0 Å². The summed E-state index contributed by atoms with van der Waals surface area (Å²) in [5, 5.41) is 4.47. The largest absolute Gasteiger partial charge is 0.352 e. The Hall–Kier alpha value is -3.10. The maximum absolute atomic E-state index is 13.1. The number of fused-ring (bicyclic) bond motifs is 1. The van der Waals surface area contributed by atoms with Crippen molar-refractivity contribution < 1.29 is 9.59 Å². The lowest BCUT2D eigenvalue weighted by Gasteiger charge is -2.38. The van der Waals surface area contributed by atoms with Crippen LogP contribution in [0.4, 0.5) is 5.82 Å². The molecule has 1 amide bonds. The van der Waals surface area contributed by atoms with Gasteiger partial charge in [0.1, 0.15) is 0 Å². The molecule has 0 spiro atoms. The second-order valence-electron chi connectivity index (χ2n) is 9.64. The zero-order valence-corrected chi connectivity index (χ0v) is 19.4. The van der Waals surface area contributed by atoms with Crippen molar-refractivity contribution in [1.82, 2.24) is 23.8 Å². The first-order valence-electron chi connectivity index (χ1n) is 11.9. The molecule has 0 bridgehead atoms. The molecule has 0 radical (unpaired) electrons. The number of aromatic nitrogens is 4. The van der Waals surface area contributed by atoms with Crippen LogP contribution in [0.2, 0.25) is 0 Å². The molecule has 5 rings (SSSR count). The van der Waals surface area contributed by atoms with Crippen molar-refractivity contribution in [2.24, 2.45) is 25.9 Å². The van der Waals surface area contributed by atoms with Crippen LogP contribution in [0.3, 0.4) is 0 Å². The van der Waals surface area contributed by atoms with E-state index in [1.807, 2.05) is 24.2 Å². The smallest absolute Gasteiger partial charge is 0.328 e. The van der Waals surface area contributed by atoms with E-state index < -0.39 is 0 Å². The standard InChI is InChI=1S/C24H32N6O3/c1-26-10-9-22(25-26)28-11-13-29(14-12-28)23(32)18-5-3-17(4-6-18)16-30-21-15-19(31)7-8-20(21)27(2)24(30)33/h7-10,17-18H,3-6,11-16H2,1-2H3. The average molecular weight is 453 g/mol. The number of carbonyl (C=O) groups is 2. The molecule has 3 heterocycles. The van der Waals surface area contributed by atoms with Crippen molar-refractivity contribution in [3.8, 4) is 0 Å². The van der Waals surface area contributed by atoms with E-state index in [-0.39, 0.29) is 23.3 Å². The van der Waals surface area contributed by atoms with E-state index in [9.17, 15) is 14.4 Å². The molecule has 2 aromatic rings. The minimum atomic E-state index is -0.0525. The Bertz CT molecular complexity index is 1140. The van der Waals surface area contributed by atoms with Crippen LogP contribution >= 0.6 is 0 Å². The summed E-state index contributed by atoms with van der Waals surface area (Å²) in [4.78, 5) is 42.0. The third-order valence-corrected chi connectivity index (χ3v) is 7.52. The first-order chi connectivity index (χ1) is 15.9. The molecular weight excluding hydrogens is 420 g/mol. The number of rotatable bonds is 4. The normalized spacial score (nSPS) is 23.2. The third-order valence-electron chi connectivity index (χ3n) is 7.52. The predicted molar refractivity (Wildman–Crippen MR) is 125 cm³/mol. The Morgan fingerprint density at radius 3 is 2.42 bits per heavy atom. The zero-order chi connectivity index (χ0) is 23.1. The molecule has 1 saturated carbocycles. The number of hydrogen-bond donors (Lipinski definition) is 0. The SMILES string of the molecule is Cn1ccc(N2CCN(C(=O)C3CCC(Cn4c5c(n(C)c4=O)C=CC(=O)C5)CC3)CC2)n1. The summed E-state index contributed by atoms with van der Waals surface area (Å²) in [5.41, 5.74) is 1.62. The van der Waals surface area contributed by atoms with Crippen LogP contribution in [-0.4, -0.2) is 61.7 Å². The molecule has 0 unspecified atom stereocenters. The van der Waals surface area contributed by atoms with Gasteiger partial charge < -0.3 is 9.80 Å². The van der Waals surface area contributed by atoms with E-state index in [0.29, 0.717) is 18.9 Å². The molecule has 1 aliphatic heterocycles. The second-order valence-corrected chi connectivity index (χ2v) is 9.64. The zero-order valence-electron chi connectivity index (χ0n) is 19.4. The highest BCUT2D eigenvalue weighted by Crippen LogP contribution is 2.32. The van der Waals surface area contributed by atoms with Gasteiger partial charge in [0.15, 0.2) is 11.6 Å². The van der Waals surface area contributed by atoms with Crippen molar-refractivity contribution in [3.05, 3.63) is 40.2 Å². The molecular formula is C24H32N6O3. The number of anilines is 1. The number of hydrogen-bond acceptors (Lipinski definition) is 5. The van der Waals surface area contributed by atoms with Crippen LogP contribution in [0.5, 0.6) is 0 Å². The summed E-state index contributed by atoms with van der Waals surface area (Å²) in [6.45, 7) is 3.73. The highest BCUT2D eigenvalue weighted by molar-refractivity contribution is 5.97. The van der Waals surface area contributed by atoms with Crippen LogP contribution in [0.25, 0.3) is 6.08 Å². The number of allylic oxidation sites excluding steroid dienone is 1. The van der Waals surface area contributed by atoms with E-state index in [2.05, 4.69) is 10.00 Å². The fraction of sp³-hybridized carbons (Fsp3) is 0.583. The van der Waals surface area contributed by atoms with E-state index >= 15 is 0 Å². The molecule has 33 heavy (non-hydrogen) atoms. The number of amides is 1. The number of nitrogens with zero attached hydrogens (tertiary/aromatic N) is 6. The van der Waals surface area contributed by atoms with Crippen molar-refractivity contribution in [1.29, 1.82) is 0 Å². The lowest BCUT2D eigenvalue weighted by atomic mass is 9.81. The van der Waals surface area contributed by atoms with Gasteiger partial charge in [-0.15, -0.1) is 0 Å². The maximum atomic E-state index is 13.1. The first-order valence-corrected chi connectivity index (χ1v) is 11.9. The van der Waals surface area contributed by atoms with Crippen LogP contribution in [-0.2, 0) is 36.6 Å². The van der Waals surface area contributed by atoms with Crippen LogP contribution < -0.4 is 10.6 Å². The topological polar surface area (TPSA) is 85.4 Å². The molecule has 2 fully saturated rings. The van der Waals surface area contributed by atoms with Crippen LogP contribution in [0, 0.1) is 11.8 Å². The highest BCUT2D eigenvalue weighted by atomic mass is 16.2. The molecule has 2 aliphatic carbocycles. The maximum Gasteiger partial charge on any atom is 0.328 e. The molecule has 3 aliphatic rings. The summed E-state index contributed by atoms with van der Waals surface area (Å²) in [7, 11) is 3.68. The summed E-state index contributed by atoms with van der Waals surface area (Å²) in [5.74, 6) is 1.73. The summed E-state index contributed by atoms with van der Waals surface area (Å²) < 4.78 is 5.23. The first kappa shape index (κ1) is 21.7. The minimum Gasteiger partial charge on any atom is -0.352 e. The Morgan fingerprint density at radius 2 is 1.76 bits per heavy atom. The van der Waals surface area contributed by atoms with Gasteiger partial charge in [-0.1, -0.05) is 0 Å². The molecule has 0 N–H and O–H groups in total. The van der Waals surface area contributed by atoms with Gasteiger partial charge in [-0.25, -0.2) is 4.79 Å². The number of piperazine rings is 1. The quantitative estimate of drug-likeness (QED) is 0.696. The van der Waals surface area contributed by atoms with Crippen molar-refractivity contribution in [2.45, 2.75) is 38.6 Å². The minimum absolute atomic E-state index is 0.0410. The Balaban J connectivity index is 1.15. The average Bonchev–Trinajstić information content (AvgIpc) is 3.36. The number of carbonyl (C=O) groups excluding carboxylic acids is 2. The van der Waals surface area contributed by atoms with E-state index in [1.165, 1.54) is 0 Å². The second kappa shape index (κ2) is 8.68. The number of ketones is 1. The highest BCUT2D eigenvalue weighted by Gasteiger charge is 2.32. The van der Waals surface area contributed by atoms with Crippen molar-refractivity contribution in [2.75, 3.05) is 31.1 Å². The Kier molecular flexibility index (Phi) is 5.72. The van der Waals surface area contributed by atoms with Crippen molar-refractivity contribution in [3.63, 3.8) is 0 Å². The van der Waals surface area contributed by atoms with Gasteiger partial charge in [-0.3, -0.25) is 23.4 Å². The molecule has 9 heteroatoms. The van der Waals surface area contributed by atoms with Gasteiger partial charge in [0.2, 0.25) is 5.91 Å². The van der Waals surface area contributed by atoms with Gasteiger partial charge in [-0.05, 0) is 43.8 Å². The van der Waals surface area contributed by atoms with Gasteiger partial charge in [0.05, 0.1) is 17.8 Å². The lowest BCUT2D eigenvalue weighted by molar-refractivity contribution is -0.137. The molecule has 176 valence electrons. The molecule has 9 nitrogen and oxygen atoms in total. The fourth-order valence-electron chi connectivity index (χ4n) is 5.55. The summed E-state index contributed by atoms with van der Waals surface area (Å²) >= 11 is 0. The van der Waals surface area contributed by atoms with Gasteiger partial charge in [0, 0.05) is 65.0 Å². The molecule has 1 saturated heterocycles. The summed E-state index contributed by atoms with van der Waals surface area (Å²) in [6.07, 6.45) is 9.15. The van der Waals surface area contributed by atoms with Crippen LogP contribution in [0.15, 0.2) is 23.1 Å². The fourth-order valence-corrected chi connectivity index (χ4v) is 5.55. The van der Waals surface area contributed by atoms with E-state index in [1.54, 1.807) is 33.0 Å². The van der Waals surface area contributed by atoms with Gasteiger partial charge in [-0.2, -0.15) is 5.10 Å². The third kappa shape index (κ3) is 4.16. The summed E-state index contributed by atoms with van der Waals surface area (Å²) in [6, 6.07) is 2.01. The Labute approximate surface area is 193 Å². The monoisotopic (exact) mass is 452 g/mol. The van der Waals surface area contributed by atoms with E-state index in [0.717, 1.165) is 69.1 Å². The molecule has 0 atom stereocenters. The Morgan fingerprint density at radius 1 is 1.03 bits per heavy atom.